The monoisotopic (exact) mass is 237 g/mol. The number of hydrogen-bond donors (Lipinski definition) is 1. The van der Waals surface area contributed by atoms with Crippen molar-refractivity contribution in [2.24, 2.45) is 0 Å². The molecule has 0 bridgehead atoms. The third kappa shape index (κ3) is 2.90. The molecule has 0 saturated carbocycles. The lowest BCUT2D eigenvalue weighted by molar-refractivity contribution is 0.151. The summed E-state index contributed by atoms with van der Waals surface area (Å²) >= 11 is 0. The second-order valence-electron chi connectivity index (χ2n) is 3.33. The van der Waals surface area contributed by atoms with Gasteiger partial charge >= 0.3 is 0 Å². The number of phenols is 1. The van der Waals surface area contributed by atoms with E-state index < -0.39 is 6.43 Å². The number of rotatable bonds is 3. The molecule has 0 unspecified atom stereocenters. The Balaban J connectivity index is 2.11. The third-order valence-electron chi connectivity index (χ3n) is 2.07. The van der Waals surface area contributed by atoms with Crippen LogP contribution in [0, 0.1) is 0 Å². The lowest BCUT2D eigenvalue weighted by Crippen LogP contribution is -1.90. The second-order valence-corrected chi connectivity index (χ2v) is 3.33. The van der Waals surface area contributed by atoms with Gasteiger partial charge in [0.2, 0.25) is 5.88 Å². The number of aromatic hydroxyl groups is 1. The van der Waals surface area contributed by atoms with Gasteiger partial charge in [0.1, 0.15) is 11.5 Å². The maximum absolute atomic E-state index is 12.3. The van der Waals surface area contributed by atoms with Crippen molar-refractivity contribution in [2.45, 2.75) is 6.43 Å². The second kappa shape index (κ2) is 4.78. The van der Waals surface area contributed by atoms with E-state index in [1.165, 1.54) is 24.3 Å². The molecule has 1 aromatic carbocycles. The standard InChI is InChI=1S/C12H9F2NO2/c13-12(14)8-1-6-11(15-7-8)17-10-4-2-9(16)3-5-10/h1-7,12,16H. The van der Waals surface area contributed by atoms with E-state index in [1.54, 1.807) is 12.1 Å². The highest BCUT2D eigenvalue weighted by Crippen LogP contribution is 2.24. The van der Waals surface area contributed by atoms with Crippen LogP contribution in [0.25, 0.3) is 0 Å². The van der Waals surface area contributed by atoms with Gasteiger partial charge < -0.3 is 9.84 Å². The summed E-state index contributed by atoms with van der Waals surface area (Å²) in [6, 6.07) is 8.66. The molecule has 2 aromatic rings. The molecule has 88 valence electrons. The molecule has 1 aromatic heterocycles. The molecule has 5 heteroatoms. The summed E-state index contributed by atoms with van der Waals surface area (Å²) in [5.74, 6) is 0.818. The van der Waals surface area contributed by atoms with Crippen LogP contribution in [-0.4, -0.2) is 10.1 Å². The van der Waals surface area contributed by atoms with Gasteiger partial charge in [-0.3, -0.25) is 0 Å². The molecule has 0 saturated heterocycles. The lowest BCUT2D eigenvalue weighted by Gasteiger charge is -2.05. The van der Waals surface area contributed by atoms with Crippen LogP contribution >= 0.6 is 0 Å². The first-order valence-electron chi connectivity index (χ1n) is 4.86. The summed E-state index contributed by atoms with van der Waals surface area (Å²) in [7, 11) is 0. The maximum atomic E-state index is 12.3. The predicted molar refractivity (Wildman–Crippen MR) is 57.4 cm³/mol. The fourth-order valence-corrected chi connectivity index (χ4v) is 1.22. The molecule has 17 heavy (non-hydrogen) atoms. The SMILES string of the molecule is Oc1ccc(Oc2ccc(C(F)F)cn2)cc1. The first-order chi connectivity index (χ1) is 8.15. The van der Waals surface area contributed by atoms with Gasteiger partial charge in [0, 0.05) is 17.8 Å². The van der Waals surface area contributed by atoms with E-state index in [-0.39, 0.29) is 17.2 Å². The van der Waals surface area contributed by atoms with Crippen molar-refractivity contribution in [1.29, 1.82) is 0 Å². The number of hydrogen-bond acceptors (Lipinski definition) is 3. The molecular formula is C12H9F2NO2. The van der Waals surface area contributed by atoms with E-state index in [0.717, 1.165) is 6.20 Å². The van der Waals surface area contributed by atoms with Crippen LogP contribution in [0.2, 0.25) is 0 Å². The van der Waals surface area contributed by atoms with Crippen molar-refractivity contribution < 1.29 is 18.6 Å². The number of aromatic nitrogens is 1. The minimum Gasteiger partial charge on any atom is -0.508 e. The Morgan fingerprint density at radius 2 is 1.76 bits per heavy atom. The van der Waals surface area contributed by atoms with E-state index >= 15 is 0 Å². The van der Waals surface area contributed by atoms with Crippen molar-refractivity contribution in [3.05, 3.63) is 48.2 Å². The number of alkyl halides is 2. The molecule has 0 aliphatic carbocycles. The predicted octanol–water partition coefficient (Wildman–Crippen LogP) is 3.52. The topological polar surface area (TPSA) is 42.4 Å². The summed E-state index contributed by atoms with van der Waals surface area (Å²) in [6.07, 6.45) is -1.47. The molecule has 0 fully saturated rings. The van der Waals surface area contributed by atoms with Crippen LogP contribution in [0.5, 0.6) is 17.4 Å². The fraction of sp³-hybridized carbons (Fsp3) is 0.0833. The molecule has 1 heterocycles. The number of benzene rings is 1. The van der Waals surface area contributed by atoms with Gasteiger partial charge in [0.25, 0.3) is 6.43 Å². The Hall–Kier alpha value is -2.17. The number of ether oxygens (including phenoxy) is 1. The van der Waals surface area contributed by atoms with Crippen molar-refractivity contribution in [3.63, 3.8) is 0 Å². The quantitative estimate of drug-likeness (QED) is 0.888. The van der Waals surface area contributed by atoms with Gasteiger partial charge in [-0.05, 0) is 30.3 Å². The van der Waals surface area contributed by atoms with Crippen molar-refractivity contribution in [2.75, 3.05) is 0 Å². The summed E-state index contributed by atoms with van der Waals surface area (Å²) < 4.78 is 29.8. The third-order valence-corrected chi connectivity index (χ3v) is 2.07. The normalized spacial score (nSPS) is 10.5. The van der Waals surface area contributed by atoms with E-state index in [9.17, 15) is 8.78 Å². The Morgan fingerprint density at radius 1 is 1.06 bits per heavy atom. The lowest BCUT2D eigenvalue weighted by atomic mass is 10.3. The van der Waals surface area contributed by atoms with Crippen LogP contribution in [0.1, 0.15) is 12.0 Å². The Morgan fingerprint density at radius 3 is 2.29 bits per heavy atom. The van der Waals surface area contributed by atoms with E-state index in [4.69, 9.17) is 9.84 Å². The Kier molecular flexibility index (Phi) is 3.18. The number of phenolic OH excluding ortho intramolecular Hbond substituents is 1. The zero-order valence-corrected chi connectivity index (χ0v) is 8.68. The van der Waals surface area contributed by atoms with Crippen molar-refractivity contribution in [1.82, 2.24) is 4.98 Å². The number of halogens is 2. The van der Waals surface area contributed by atoms with Gasteiger partial charge in [0.05, 0.1) is 0 Å². The van der Waals surface area contributed by atoms with Crippen molar-refractivity contribution in [3.8, 4) is 17.4 Å². The highest BCUT2D eigenvalue weighted by Gasteiger charge is 2.07. The van der Waals surface area contributed by atoms with Crippen LogP contribution in [-0.2, 0) is 0 Å². The maximum Gasteiger partial charge on any atom is 0.265 e. The molecule has 0 spiro atoms. The molecule has 2 rings (SSSR count). The fourth-order valence-electron chi connectivity index (χ4n) is 1.22. The van der Waals surface area contributed by atoms with Gasteiger partial charge in [-0.25, -0.2) is 13.8 Å². The molecule has 0 aliphatic rings. The molecule has 0 atom stereocenters. The van der Waals surface area contributed by atoms with E-state index in [1.807, 2.05) is 0 Å². The number of nitrogens with zero attached hydrogens (tertiary/aromatic N) is 1. The van der Waals surface area contributed by atoms with Crippen molar-refractivity contribution >= 4 is 0 Å². The number of pyridine rings is 1. The Bertz CT molecular complexity index is 483. The highest BCUT2D eigenvalue weighted by molar-refractivity contribution is 5.33. The molecule has 0 radical (unpaired) electrons. The summed E-state index contributed by atoms with van der Waals surface area (Å²) in [6.45, 7) is 0. The summed E-state index contributed by atoms with van der Waals surface area (Å²) in [5, 5.41) is 9.07. The molecule has 0 aliphatic heterocycles. The molecule has 3 nitrogen and oxygen atoms in total. The summed E-state index contributed by atoms with van der Waals surface area (Å²) in [5.41, 5.74) is -0.150. The average Bonchev–Trinajstić information content (AvgIpc) is 2.33. The summed E-state index contributed by atoms with van der Waals surface area (Å²) in [4.78, 5) is 3.75. The van der Waals surface area contributed by atoms with Gasteiger partial charge in [-0.1, -0.05) is 0 Å². The zero-order valence-electron chi connectivity index (χ0n) is 8.68. The van der Waals surface area contributed by atoms with E-state index in [0.29, 0.717) is 5.75 Å². The van der Waals surface area contributed by atoms with Gasteiger partial charge in [0.15, 0.2) is 0 Å². The van der Waals surface area contributed by atoms with Gasteiger partial charge in [-0.15, -0.1) is 0 Å². The van der Waals surface area contributed by atoms with Crippen LogP contribution in [0.4, 0.5) is 8.78 Å². The van der Waals surface area contributed by atoms with E-state index in [2.05, 4.69) is 4.98 Å². The van der Waals surface area contributed by atoms with Crippen LogP contribution in [0.15, 0.2) is 42.6 Å². The Labute approximate surface area is 96.3 Å². The largest absolute Gasteiger partial charge is 0.508 e. The first kappa shape index (κ1) is 11.3. The minimum absolute atomic E-state index is 0.123. The molecule has 1 N–H and O–H groups in total. The first-order valence-corrected chi connectivity index (χ1v) is 4.86. The molecule has 0 amide bonds. The van der Waals surface area contributed by atoms with Crippen LogP contribution < -0.4 is 4.74 Å². The molecular weight excluding hydrogens is 228 g/mol. The average molecular weight is 237 g/mol. The van der Waals surface area contributed by atoms with Gasteiger partial charge in [-0.2, -0.15) is 0 Å². The zero-order chi connectivity index (χ0) is 12.3. The minimum atomic E-state index is -2.54. The van der Waals surface area contributed by atoms with Crippen LogP contribution in [0.3, 0.4) is 0 Å². The smallest absolute Gasteiger partial charge is 0.265 e. The highest BCUT2D eigenvalue weighted by atomic mass is 19.3.